The molecule has 5 nitrogen and oxygen atoms in total. The molecule has 0 aliphatic rings. The van der Waals surface area contributed by atoms with Gasteiger partial charge in [-0.3, -0.25) is 4.79 Å². The number of hydrogen-bond donors (Lipinski definition) is 0. The first-order chi connectivity index (χ1) is 8.02. The summed E-state index contributed by atoms with van der Waals surface area (Å²) in [6, 6.07) is 0.667. The Labute approximate surface area is 92.9 Å². The van der Waals surface area contributed by atoms with Crippen LogP contribution in [0.15, 0.2) is 24.8 Å². The van der Waals surface area contributed by atoms with Crippen molar-refractivity contribution in [2.75, 3.05) is 0 Å². The number of alkyl halides is 3. The summed E-state index contributed by atoms with van der Waals surface area (Å²) in [6.07, 6.45) is -0.839. The van der Waals surface area contributed by atoms with Crippen LogP contribution in [0.3, 0.4) is 0 Å². The SMILES string of the molecule is O=Cc1cc(C(F)(F)F)n(-c2cncnc2)n1. The van der Waals surface area contributed by atoms with Crippen molar-refractivity contribution in [1.29, 1.82) is 0 Å². The molecular formula is C9H5F3N4O. The molecule has 0 N–H and O–H groups in total. The molecule has 17 heavy (non-hydrogen) atoms. The van der Waals surface area contributed by atoms with E-state index in [1.807, 2.05) is 0 Å². The second kappa shape index (κ2) is 3.96. The number of carbonyl (C=O) groups excluding carboxylic acids is 1. The Hall–Kier alpha value is -2.25. The van der Waals surface area contributed by atoms with E-state index < -0.39 is 11.9 Å². The van der Waals surface area contributed by atoms with Gasteiger partial charge in [0, 0.05) is 0 Å². The van der Waals surface area contributed by atoms with Gasteiger partial charge in [0.05, 0.1) is 12.4 Å². The smallest absolute Gasteiger partial charge is 0.296 e. The molecule has 0 unspecified atom stereocenters. The third-order valence-corrected chi connectivity index (χ3v) is 1.93. The molecular weight excluding hydrogens is 237 g/mol. The Kier molecular flexibility index (Phi) is 2.62. The van der Waals surface area contributed by atoms with Crippen molar-refractivity contribution < 1.29 is 18.0 Å². The molecule has 88 valence electrons. The Morgan fingerprint density at radius 2 is 1.88 bits per heavy atom. The van der Waals surface area contributed by atoms with Crippen molar-refractivity contribution in [2.45, 2.75) is 6.18 Å². The van der Waals surface area contributed by atoms with Gasteiger partial charge in [-0.25, -0.2) is 14.6 Å². The zero-order chi connectivity index (χ0) is 12.5. The molecule has 0 radical (unpaired) electrons. The molecule has 0 amide bonds. The summed E-state index contributed by atoms with van der Waals surface area (Å²) in [5, 5.41) is 3.51. The van der Waals surface area contributed by atoms with Gasteiger partial charge in [-0.15, -0.1) is 0 Å². The normalized spacial score (nSPS) is 11.5. The fourth-order valence-electron chi connectivity index (χ4n) is 1.26. The second-order valence-corrected chi connectivity index (χ2v) is 3.08. The number of halogens is 3. The number of rotatable bonds is 2. The van der Waals surface area contributed by atoms with E-state index >= 15 is 0 Å². The molecule has 0 bridgehead atoms. The van der Waals surface area contributed by atoms with E-state index in [9.17, 15) is 18.0 Å². The molecule has 0 fully saturated rings. The number of carbonyl (C=O) groups is 1. The molecule has 0 atom stereocenters. The van der Waals surface area contributed by atoms with Crippen LogP contribution in [0, 0.1) is 0 Å². The average Bonchev–Trinajstić information content (AvgIpc) is 2.74. The first-order valence-corrected chi connectivity index (χ1v) is 4.40. The van der Waals surface area contributed by atoms with Gasteiger partial charge in [0.2, 0.25) is 0 Å². The molecule has 2 rings (SSSR count). The summed E-state index contributed by atoms with van der Waals surface area (Å²) < 4.78 is 38.6. The standard InChI is InChI=1S/C9H5F3N4O/c10-9(11,12)8-1-6(4-17)15-16(8)7-2-13-5-14-3-7/h1-5H. The van der Waals surface area contributed by atoms with Gasteiger partial charge in [-0.1, -0.05) is 0 Å². The van der Waals surface area contributed by atoms with Gasteiger partial charge in [0.15, 0.2) is 6.29 Å². The maximum atomic E-state index is 12.7. The van der Waals surface area contributed by atoms with Crippen molar-refractivity contribution in [2.24, 2.45) is 0 Å². The van der Waals surface area contributed by atoms with E-state index in [-0.39, 0.29) is 17.7 Å². The van der Waals surface area contributed by atoms with Crippen LogP contribution >= 0.6 is 0 Å². The minimum absolute atomic E-state index is 0.0351. The zero-order valence-corrected chi connectivity index (χ0v) is 8.22. The summed E-state index contributed by atoms with van der Waals surface area (Å²) in [7, 11) is 0. The molecule has 8 heteroatoms. The quantitative estimate of drug-likeness (QED) is 0.748. The molecule has 0 aliphatic heterocycles. The van der Waals surface area contributed by atoms with Crippen LogP contribution in [0.4, 0.5) is 13.2 Å². The van der Waals surface area contributed by atoms with Crippen LogP contribution in [-0.2, 0) is 6.18 Å². The average molecular weight is 242 g/mol. The van der Waals surface area contributed by atoms with Crippen molar-refractivity contribution in [3.8, 4) is 5.69 Å². The molecule has 0 saturated carbocycles. The van der Waals surface area contributed by atoms with Crippen LogP contribution < -0.4 is 0 Å². The lowest BCUT2D eigenvalue weighted by Gasteiger charge is -2.08. The Balaban J connectivity index is 2.61. The molecule has 0 aromatic carbocycles. The molecule has 2 aromatic heterocycles. The number of nitrogens with zero attached hydrogens (tertiary/aromatic N) is 4. The van der Waals surface area contributed by atoms with E-state index in [4.69, 9.17) is 0 Å². The molecule has 0 aliphatic carbocycles. The second-order valence-electron chi connectivity index (χ2n) is 3.08. The van der Waals surface area contributed by atoms with Crippen LogP contribution in [0.2, 0.25) is 0 Å². The van der Waals surface area contributed by atoms with Gasteiger partial charge < -0.3 is 0 Å². The predicted molar refractivity (Wildman–Crippen MR) is 49.5 cm³/mol. The Bertz CT molecular complexity index is 535. The van der Waals surface area contributed by atoms with E-state index in [2.05, 4.69) is 15.1 Å². The van der Waals surface area contributed by atoms with E-state index in [1.165, 1.54) is 18.7 Å². The Morgan fingerprint density at radius 3 is 2.41 bits per heavy atom. The first-order valence-electron chi connectivity index (χ1n) is 4.40. The summed E-state index contributed by atoms with van der Waals surface area (Å²) in [6.45, 7) is 0. The van der Waals surface area contributed by atoms with Crippen LogP contribution in [0.1, 0.15) is 16.2 Å². The fourth-order valence-corrected chi connectivity index (χ4v) is 1.26. The minimum atomic E-state index is -4.61. The van der Waals surface area contributed by atoms with Gasteiger partial charge >= 0.3 is 6.18 Å². The first kappa shape index (κ1) is 11.2. The molecule has 2 aromatic rings. The maximum absolute atomic E-state index is 12.7. The van der Waals surface area contributed by atoms with Crippen molar-refractivity contribution in [3.63, 3.8) is 0 Å². The van der Waals surface area contributed by atoms with Crippen molar-refractivity contribution >= 4 is 6.29 Å². The van der Waals surface area contributed by atoms with Gasteiger partial charge in [-0.05, 0) is 6.07 Å². The zero-order valence-electron chi connectivity index (χ0n) is 8.22. The monoisotopic (exact) mass is 242 g/mol. The summed E-state index contributed by atoms with van der Waals surface area (Å²) in [5.41, 5.74) is -1.32. The fraction of sp³-hybridized carbons (Fsp3) is 0.111. The molecule has 2 heterocycles. The number of aromatic nitrogens is 4. The van der Waals surface area contributed by atoms with Gasteiger partial charge in [-0.2, -0.15) is 18.3 Å². The topological polar surface area (TPSA) is 60.7 Å². The highest BCUT2D eigenvalue weighted by atomic mass is 19.4. The van der Waals surface area contributed by atoms with Gasteiger partial charge in [0.1, 0.15) is 23.4 Å². The van der Waals surface area contributed by atoms with Gasteiger partial charge in [0.25, 0.3) is 0 Å². The number of hydrogen-bond acceptors (Lipinski definition) is 4. The largest absolute Gasteiger partial charge is 0.433 e. The van der Waals surface area contributed by atoms with E-state index in [0.29, 0.717) is 10.7 Å². The summed E-state index contributed by atoms with van der Waals surface area (Å²) in [5.74, 6) is 0. The minimum Gasteiger partial charge on any atom is -0.296 e. The van der Waals surface area contributed by atoms with Crippen molar-refractivity contribution in [1.82, 2.24) is 19.7 Å². The third kappa shape index (κ3) is 2.14. The molecule has 0 spiro atoms. The van der Waals surface area contributed by atoms with Crippen LogP contribution in [0.25, 0.3) is 5.69 Å². The summed E-state index contributed by atoms with van der Waals surface area (Å²) in [4.78, 5) is 17.6. The number of aldehydes is 1. The van der Waals surface area contributed by atoms with Crippen LogP contribution in [-0.4, -0.2) is 26.0 Å². The van der Waals surface area contributed by atoms with Crippen LogP contribution in [0.5, 0.6) is 0 Å². The predicted octanol–water partition coefficient (Wildman–Crippen LogP) is 1.49. The lowest BCUT2D eigenvalue weighted by Crippen LogP contribution is -2.13. The molecule has 0 saturated heterocycles. The highest BCUT2D eigenvalue weighted by Gasteiger charge is 2.36. The highest BCUT2D eigenvalue weighted by Crippen LogP contribution is 2.30. The van der Waals surface area contributed by atoms with Crippen molar-refractivity contribution in [3.05, 3.63) is 36.2 Å². The maximum Gasteiger partial charge on any atom is 0.433 e. The lowest BCUT2D eigenvalue weighted by atomic mass is 10.3. The Morgan fingerprint density at radius 1 is 1.24 bits per heavy atom. The highest BCUT2D eigenvalue weighted by molar-refractivity contribution is 5.72. The third-order valence-electron chi connectivity index (χ3n) is 1.93. The summed E-state index contributed by atoms with van der Waals surface area (Å²) >= 11 is 0. The van der Waals surface area contributed by atoms with E-state index in [0.717, 1.165) is 0 Å². The lowest BCUT2D eigenvalue weighted by molar-refractivity contribution is -0.142. The van der Waals surface area contributed by atoms with E-state index in [1.54, 1.807) is 0 Å².